The van der Waals surface area contributed by atoms with Gasteiger partial charge in [0.25, 0.3) is 11.5 Å². The van der Waals surface area contributed by atoms with Gasteiger partial charge in [-0.05, 0) is 55.5 Å². The summed E-state index contributed by atoms with van der Waals surface area (Å²) in [6.45, 7) is 1.71. The molecule has 0 atom stereocenters. The number of benzene rings is 3. The molecule has 7 nitrogen and oxygen atoms in total. The van der Waals surface area contributed by atoms with Crippen molar-refractivity contribution in [1.29, 1.82) is 0 Å². The van der Waals surface area contributed by atoms with Crippen LogP contribution in [0.2, 0.25) is 5.02 Å². The number of para-hydroxylation sites is 1. The maximum atomic E-state index is 12.8. The quantitative estimate of drug-likeness (QED) is 0.258. The highest BCUT2D eigenvalue weighted by Crippen LogP contribution is 2.25. The molecule has 5 rings (SSSR count). The fourth-order valence-corrected chi connectivity index (χ4v) is 3.81. The molecule has 168 valence electrons. The third kappa shape index (κ3) is 4.42. The largest absolute Gasteiger partial charge is 0.351 e. The molecule has 0 unspecified atom stereocenters. The molecule has 0 saturated heterocycles. The normalized spacial score (nSPS) is 10.9. The van der Waals surface area contributed by atoms with Crippen LogP contribution in [0.4, 0.5) is 17.3 Å². The van der Waals surface area contributed by atoms with E-state index in [0.717, 1.165) is 16.6 Å². The Morgan fingerprint density at radius 1 is 0.912 bits per heavy atom. The van der Waals surface area contributed by atoms with E-state index in [9.17, 15) is 9.59 Å². The predicted octanol–water partition coefficient (Wildman–Crippen LogP) is 5.88. The predicted molar refractivity (Wildman–Crippen MR) is 136 cm³/mol. The Labute approximate surface area is 199 Å². The van der Waals surface area contributed by atoms with Crippen molar-refractivity contribution in [3.05, 3.63) is 105 Å². The van der Waals surface area contributed by atoms with Crippen molar-refractivity contribution in [2.75, 3.05) is 10.6 Å². The second kappa shape index (κ2) is 8.88. The van der Waals surface area contributed by atoms with E-state index in [1.54, 1.807) is 43.3 Å². The van der Waals surface area contributed by atoms with Crippen LogP contribution in [0, 0.1) is 6.92 Å². The molecule has 4 N–H and O–H groups in total. The van der Waals surface area contributed by atoms with Gasteiger partial charge in [0, 0.05) is 38.4 Å². The molecule has 3 aromatic carbocycles. The molecule has 5 aromatic rings. The lowest BCUT2D eigenvalue weighted by atomic mass is 10.1. The average Bonchev–Trinajstić information content (AvgIpc) is 3.28. The maximum Gasteiger partial charge on any atom is 0.272 e. The minimum atomic E-state index is -0.256. The number of nitrogens with zero attached hydrogens (tertiary/aromatic N) is 1. The number of aromatic nitrogens is 3. The van der Waals surface area contributed by atoms with Crippen molar-refractivity contribution < 1.29 is 4.79 Å². The number of aromatic amines is 2. The summed E-state index contributed by atoms with van der Waals surface area (Å²) in [5.74, 6) is 0.0504. The highest BCUT2D eigenvalue weighted by molar-refractivity contribution is 6.30. The topological polar surface area (TPSA) is 103 Å². The molecule has 0 aliphatic carbocycles. The summed E-state index contributed by atoms with van der Waals surface area (Å²) < 4.78 is 0. The molecule has 1 amide bonds. The van der Waals surface area contributed by atoms with Crippen LogP contribution >= 0.6 is 11.6 Å². The number of hydrogen-bond acceptors (Lipinski definition) is 4. The van der Waals surface area contributed by atoms with Gasteiger partial charge in [-0.3, -0.25) is 14.6 Å². The van der Waals surface area contributed by atoms with Crippen LogP contribution in [0.25, 0.3) is 22.2 Å². The monoisotopic (exact) mass is 469 g/mol. The number of halogens is 1. The number of nitrogens with one attached hydrogen (secondary N) is 4. The summed E-state index contributed by atoms with van der Waals surface area (Å²) in [6, 6.07) is 23.8. The standard InChI is InChI=1S/C26H20ClN5O2/c1-15-23(31-26(32-24(15)33)29-19-11-9-18(27)10-12-19)17-6-4-7-20(13-17)28-25(34)22-14-16-5-2-3-8-21(16)30-22/h2-14,30H,1H3,(H,28,34)(H2,29,31,32,33). The smallest absolute Gasteiger partial charge is 0.272 e. The fourth-order valence-electron chi connectivity index (χ4n) is 3.68. The fraction of sp³-hybridized carbons (Fsp3) is 0.0385. The molecule has 8 heteroatoms. The third-order valence-electron chi connectivity index (χ3n) is 5.43. The van der Waals surface area contributed by atoms with Gasteiger partial charge in [-0.15, -0.1) is 0 Å². The van der Waals surface area contributed by atoms with E-state index in [2.05, 4.69) is 25.6 Å². The van der Waals surface area contributed by atoms with E-state index in [0.29, 0.717) is 39.2 Å². The summed E-state index contributed by atoms with van der Waals surface area (Å²) in [6.07, 6.45) is 0. The summed E-state index contributed by atoms with van der Waals surface area (Å²) in [4.78, 5) is 35.9. The lowest BCUT2D eigenvalue weighted by Crippen LogP contribution is -2.15. The van der Waals surface area contributed by atoms with Crippen LogP contribution in [0.5, 0.6) is 0 Å². The van der Waals surface area contributed by atoms with Crippen LogP contribution in [0.3, 0.4) is 0 Å². The first kappa shape index (κ1) is 21.5. The van der Waals surface area contributed by atoms with Gasteiger partial charge in [-0.2, -0.15) is 0 Å². The zero-order chi connectivity index (χ0) is 23.7. The number of carbonyl (C=O) groups excluding carboxylic acids is 1. The van der Waals surface area contributed by atoms with Gasteiger partial charge >= 0.3 is 0 Å². The molecular weight excluding hydrogens is 450 g/mol. The van der Waals surface area contributed by atoms with Gasteiger partial charge in [-0.1, -0.05) is 41.9 Å². The Balaban J connectivity index is 1.43. The van der Waals surface area contributed by atoms with Crippen molar-refractivity contribution in [2.45, 2.75) is 6.92 Å². The van der Waals surface area contributed by atoms with E-state index in [4.69, 9.17) is 11.6 Å². The summed E-state index contributed by atoms with van der Waals surface area (Å²) in [5.41, 5.74) is 4.13. The van der Waals surface area contributed by atoms with Crippen molar-refractivity contribution in [3.63, 3.8) is 0 Å². The molecule has 0 bridgehead atoms. The number of anilines is 3. The average molecular weight is 470 g/mol. The number of carbonyl (C=O) groups is 1. The number of H-pyrrole nitrogens is 2. The van der Waals surface area contributed by atoms with E-state index < -0.39 is 0 Å². The van der Waals surface area contributed by atoms with Gasteiger partial charge in [0.15, 0.2) is 0 Å². The second-order valence-electron chi connectivity index (χ2n) is 7.83. The van der Waals surface area contributed by atoms with Crippen molar-refractivity contribution in [1.82, 2.24) is 15.0 Å². The van der Waals surface area contributed by atoms with Crippen LogP contribution in [0.1, 0.15) is 16.1 Å². The van der Waals surface area contributed by atoms with Crippen LogP contribution in [-0.4, -0.2) is 20.9 Å². The van der Waals surface area contributed by atoms with Gasteiger partial charge in [0.05, 0.1) is 5.69 Å². The highest BCUT2D eigenvalue weighted by atomic mass is 35.5. The Hall–Kier alpha value is -4.36. The number of rotatable bonds is 5. The first-order chi connectivity index (χ1) is 16.5. The summed E-state index contributed by atoms with van der Waals surface area (Å²) in [5, 5.41) is 7.58. The number of hydrogen-bond donors (Lipinski definition) is 4. The Kier molecular flexibility index (Phi) is 5.61. The maximum absolute atomic E-state index is 12.8. The molecule has 0 spiro atoms. The third-order valence-corrected chi connectivity index (χ3v) is 5.68. The second-order valence-corrected chi connectivity index (χ2v) is 8.26. The van der Waals surface area contributed by atoms with Gasteiger partial charge in [0.2, 0.25) is 5.95 Å². The van der Waals surface area contributed by atoms with Gasteiger partial charge in [0.1, 0.15) is 5.69 Å². The molecule has 34 heavy (non-hydrogen) atoms. The number of amides is 1. The molecule has 0 aliphatic rings. The zero-order valence-electron chi connectivity index (χ0n) is 18.1. The van der Waals surface area contributed by atoms with Crippen LogP contribution < -0.4 is 16.2 Å². The minimum absolute atomic E-state index is 0.256. The van der Waals surface area contributed by atoms with Gasteiger partial charge in [-0.25, -0.2) is 4.98 Å². The van der Waals surface area contributed by atoms with Crippen molar-refractivity contribution in [3.8, 4) is 11.3 Å². The molecule has 2 aromatic heterocycles. The minimum Gasteiger partial charge on any atom is -0.351 e. The SMILES string of the molecule is Cc1c(-c2cccc(NC(=O)c3cc4ccccc4[nH]3)c2)nc(Nc2ccc(Cl)cc2)[nH]c1=O. The highest BCUT2D eigenvalue weighted by Gasteiger charge is 2.13. The van der Waals surface area contributed by atoms with E-state index in [1.165, 1.54) is 0 Å². The zero-order valence-corrected chi connectivity index (χ0v) is 18.9. The molecule has 0 radical (unpaired) electrons. The molecule has 0 saturated carbocycles. The summed E-state index contributed by atoms with van der Waals surface area (Å²) in [7, 11) is 0. The molecule has 0 aliphatic heterocycles. The summed E-state index contributed by atoms with van der Waals surface area (Å²) >= 11 is 5.94. The number of fused-ring (bicyclic) bond motifs is 1. The van der Waals surface area contributed by atoms with E-state index in [1.807, 2.05) is 42.5 Å². The lowest BCUT2D eigenvalue weighted by Gasteiger charge is -2.11. The Bertz CT molecular complexity index is 1540. The van der Waals surface area contributed by atoms with Crippen LogP contribution in [-0.2, 0) is 0 Å². The van der Waals surface area contributed by atoms with Gasteiger partial charge < -0.3 is 15.6 Å². The lowest BCUT2D eigenvalue weighted by molar-refractivity contribution is 0.102. The first-order valence-corrected chi connectivity index (χ1v) is 11.0. The van der Waals surface area contributed by atoms with Crippen LogP contribution in [0.15, 0.2) is 83.7 Å². The van der Waals surface area contributed by atoms with E-state index in [-0.39, 0.29) is 11.5 Å². The first-order valence-electron chi connectivity index (χ1n) is 10.6. The van der Waals surface area contributed by atoms with E-state index >= 15 is 0 Å². The van der Waals surface area contributed by atoms with Crippen molar-refractivity contribution in [2.24, 2.45) is 0 Å². The Morgan fingerprint density at radius 3 is 2.50 bits per heavy atom. The Morgan fingerprint density at radius 2 is 1.71 bits per heavy atom. The molecule has 0 fully saturated rings. The van der Waals surface area contributed by atoms with Crippen molar-refractivity contribution >= 4 is 45.7 Å². The molecule has 2 heterocycles. The molecular formula is C26H20ClN5O2.